The minimum absolute atomic E-state index is 0.00928. The molecular weight excluding hydrogens is 603 g/mol. The molecule has 0 spiro atoms. The third-order valence-corrected chi connectivity index (χ3v) is 8.42. The van der Waals surface area contributed by atoms with Crippen LogP contribution in [0.15, 0.2) is 72.8 Å². The average Bonchev–Trinajstić information content (AvgIpc) is 3.74. The van der Waals surface area contributed by atoms with Gasteiger partial charge in [0.25, 0.3) is 5.91 Å². The standard InChI is InChI=1S/C33H36F3N5O5/c1-3-32(37)20-26(32)23-9-12-25(13-10-23)38-29(42)24-11-14-27(40-17-15-39(2)16-18-40)28(19-24)41(46-30(43)33(34,35)36)31(44)45-21-22-7-5-4-6-8-22/h4-14,19,26H,3,15-18,20-21,37H2,1-2H3,(H,38,42). The molecule has 2 amide bonds. The number of nitrogens with one attached hydrogen (secondary N) is 1. The first-order chi connectivity index (χ1) is 21.9. The zero-order chi connectivity index (χ0) is 33.1. The van der Waals surface area contributed by atoms with Crippen LogP contribution in [0.5, 0.6) is 0 Å². The number of carbonyl (C=O) groups excluding carboxylic acids is 3. The van der Waals surface area contributed by atoms with Crippen molar-refractivity contribution in [3.05, 3.63) is 89.5 Å². The van der Waals surface area contributed by atoms with Crippen LogP contribution < -0.4 is 21.0 Å². The third-order valence-electron chi connectivity index (χ3n) is 8.42. The lowest BCUT2D eigenvalue weighted by Gasteiger charge is -2.36. The molecule has 3 aromatic carbocycles. The summed E-state index contributed by atoms with van der Waals surface area (Å²) in [5.74, 6) is -2.96. The highest BCUT2D eigenvalue weighted by Gasteiger charge is 2.50. The van der Waals surface area contributed by atoms with Gasteiger partial charge in [-0.2, -0.15) is 13.2 Å². The molecule has 0 bridgehead atoms. The first-order valence-corrected chi connectivity index (χ1v) is 15.0. The molecule has 1 heterocycles. The second-order valence-electron chi connectivity index (χ2n) is 11.6. The number of hydrogen-bond acceptors (Lipinski definition) is 8. The summed E-state index contributed by atoms with van der Waals surface area (Å²) in [5.41, 5.74) is 8.29. The maximum absolute atomic E-state index is 13.4. The van der Waals surface area contributed by atoms with Crippen LogP contribution in [0.25, 0.3) is 0 Å². The van der Waals surface area contributed by atoms with Crippen molar-refractivity contribution in [2.24, 2.45) is 5.73 Å². The lowest BCUT2D eigenvalue weighted by Crippen LogP contribution is -2.46. The lowest BCUT2D eigenvalue weighted by molar-refractivity contribution is -0.200. The number of amides is 2. The Bertz CT molecular complexity index is 1560. The van der Waals surface area contributed by atoms with E-state index in [1.54, 1.807) is 42.5 Å². The number of likely N-dealkylation sites (N-methyl/N-ethyl adjacent to an activating group) is 1. The van der Waals surface area contributed by atoms with E-state index in [1.807, 2.05) is 31.0 Å². The quantitative estimate of drug-likeness (QED) is 0.313. The van der Waals surface area contributed by atoms with Gasteiger partial charge in [-0.25, -0.2) is 9.59 Å². The number of hydroxylamine groups is 1. The number of benzene rings is 3. The van der Waals surface area contributed by atoms with E-state index in [1.165, 1.54) is 18.2 Å². The Labute approximate surface area is 264 Å². The van der Waals surface area contributed by atoms with Gasteiger partial charge in [-0.1, -0.05) is 49.4 Å². The molecular formula is C33H36F3N5O5. The van der Waals surface area contributed by atoms with E-state index < -0.39 is 24.1 Å². The van der Waals surface area contributed by atoms with Gasteiger partial charge in [0.15, 0.2) is 0 Å². The van der Waals surface area contributed by atoms with Gasteiger partial charge >= 0.3 is 18.2 Å². The summed E-state index contributed by atoms with van der Waals surface area (Å²) in [7, 11) is 1.93. The van der Waals surface area contributed by atoms with Crippen molar-refractivity contribution >= 4 is 35.0 Å². The van der Waals surface area contributed by atoms with Crippen LogP contribution in [0, 0.1) is 0 Å². The zero-order valence-electron chi connectivity index (χ0n) is 25.5. The second-order valence-corrected chi connectivity index (χ2v) is 11.6. The summed E-state index contributed by atoms with van der Waals surface area (Å²) in [4.78, 5) is 47.3. The number of halogens is 3. The summed E-state index contributed by atoms with van der Waals surface area (Å²) in [5, 5.41) is 2.95. The van der Waals surface area contributed by atoms with Crippen LogP contribution in [0.4, 0.5) is 35.0 Å². The van der Waals surface area contributed by atoms with Crippen molar-refractivity contribution in [1.29, 1.82) is 0 Å². The minimum Gasteiger partial charge on any atom is -0.442 e. The molecule has 5 rings (SSSR count). The molecule has 2 aliphatic rings. The van der Waals surface area contributed by atoms with Crippen molar-refractivity contribution in [2.45, 2.75) is 44.0 Å². The van der Waals surface area contributed by atoms with Gasteiger partial charge in [0.2, 0.25) is 0 Å². The zero-order valence-corrected chi connectivity index (χ0v) is 25.5. The predicted octanol–water partition coefficient (Wildman–Crippen LogP) is 5.45. The molecule has 2 atom stereocenters. The molecule has 10 nitrogen and oxygen atoms in total. The molecule has 13 heteroatoms. The summed E-state index contributed by atoms with van der Waals surface area (Å²) in [6, 6.07) is 20.0. The van der Waals surface area contributed by atoms with Crippen LogP contribution in [0.1, 0.15) is 47.2 Å². The predicted molar refractivity (Wildman–Crippen MR) is 166 cm³/mol. The Balaban J connectivity index is 1.45. The van der Waals surface area contributed by atoms with Crippen molar-refractivity contribution in [3.63, 3.8) is 0 Å². The van der Waals surface area contributed by atoms with Crippen LogP contribution in [-0.2, 0) is 21.0 Å². The van der Waals surface area contributed by atoms with Gasteiger partial charge in [-0.3, -0.25) is 4.79 Å². The SMILES string of the molecule is CCC1(N)CC1c1ccc(NC(=O)c2ccc(N3CCN(C)CC3)c(N(OC(=O)C(F)(F)F)C(=O)OCc3ccccc3)c2)cc1. The fourth-order valence-electron chi connectivity index (χ4n) is 5.40. The Hall–Kier alpha value is -4.62. The van der Waals surface area contributed by atoms with Gasteiger partial charge < -0.3 is 30.4 Å². The summed E-state index contributed by atoms with van der Waals surface area (Å²) >= 11 is 0. The van der Waals surface area contributed by atoms with Crippen molar-refractivity contribution in [1.82, 2.24) is 4.90 Å². The largest absolute Gasteiger partial charge is 0.493 e. The fraction of sp³-hybridized carbons (Fsp3) is 0.364. The monoisotopic (exact) mass is 639 g/mol. The number of nitrogens with zero attached hydrogens (tertiary/aromatic N) is 3. The van der Waals surface area contributed by atoms with Gasteiger partial charge in [0, 0.05) is 48.9 Å². The third kappa shape index (κ3) is 7.60. The molecule has 46 heavy (non-hydrogen) atoms. The van der Waals surface area contributed by atoms with E-state index in [0.717, 1.165) is 18.4 Å². The topological polar surface area (TPSA) is 117 Å². The van der Waals surface area contributed by atoms with E-state index in [0.29, 0.717) is 37.4 Å². The number of anilines is 3. The van der Waals surface area contributed by atoms with Crippen LogP contribution in [0.3, 0.4) is 0 Å². The molecule has 1 aliphatic heterocycles. The summed E-state index contributed by atoms with van der Waals surface area (Å²) in [6.07, 6.45) is -5.03. The Morgan fingerprint density at radius 2 is 1.67 bits per heavy atom. The lowest BCUT2D eigenvalue weighted by atomic mass is 10.0. The fourth-order valence-corrected chi connectivity index (χ4v) is 5.40. The Morgan fingerprint density at radius 3 is 2.28 bits per heavy atom. The highest BCUT2D eigenvalue weighted by molar-refractivity contribution is 6.06. The summed E-state index contributed by atoms with van der Waals surface area (Å²) < 4.78 is 45.5. The van der Waals surface area contributed by atoms with Crippen LogP contribution in [0.2, 0.25) is 0 Å². The average molecular weight is 640 g/mol. The number of alkyl halides is 3. The number of carbonyl (C=O) groups is 3. The van der Waals surface area contributed by atoms with E-state index in [2.05, 4.69) is 15.1 Å². The molecule has 3 N–H and O–H groups in total. The van der Waals surface area contributed by atoms with Crippen molar-refractivity contribution in [3.8, 4) is 0 Å². The van der Waals surface area contributed by atoms with Gasteiger partial charge in [-0.15, -0.1) is 5.06 Å². The molecule has 0 radical (unpaired) electrons. The molecule has 2 unspecified atom stereocenters. The number of rotatable bonds is 8. The van der Waals surface area contributed by atoms with Crippen LogP contribution >= 0.6 is 0 Å². The van der Waals surface area contributed by atoms with E-state index in [-0.39, 0.29) is 40.1 Å². The smallest absolute Gasteiger partial charge is 0.442 e. The number of hydrogen-bond donors (Lipinski definition) is 2. The van der Waals surface area contributed by atoms with Gasteiger partial charge in [-0.05, 0) is 61.3 Å². The highest BCUT2D eigenvalue weighted by atomic mass is 19.4. The maximum atomic E-state index is 13.4. The molecule has 0 aromatic heterocycles. The molecule has 1 saturated heterocycles. The molecule has 1 saturated carbocycles. The van der Waals surface area contributed by atoms with E-state index in [9.17, 15) is 27.6 Å². The van der Waals surface area contributed by atoms with E-state index >= 15 is 0 Å². The molecule has 2 fully saturated rings. The van der Waals surface area contributed by atoms with Crippen molar-refractivity contribution < 1.29 is 37.1 Å². The minimum atomic E-state index is -5.41. The Kier molecular flexibility index (Phi) is 9.54. The number of nitrogens with two attached hydrogens (primary N) is 1. The first kappa shape index (κ1) is 32.8. The van der Waals surface area contributed by atoms with E-state index in [4.69, 9.17) is 10.5 Å². The number of piperazine rings is 1. The second kappa shape index (κ2) is 13.4. The molecule has 1 aliphatic carbocycles. The Morgan fingerprint density at radius 1 is 1.00 bits per heavy atom. The maximum Gasteiger partial charge on any atom is 0.493 e. The van der Waals surface area contributed by atoms with Gasteiger partial charge in [0.05, 0.1) is 5.69 Å². The highest BCUT2D eigenvalue weighted by Crippen LogP contribution is 2.51. The molecule has 3 aromatic rings. The van der Waals surface area contributed by atoms with Crippen molar-refractivity contribution in [2.75, 3.05) is 48.5 Å². The normalized spacial score (nSPS) is 19.7. The van der Waals surface area contributed by atoms with Gasteiger partial charge in [0.1, 0.15) is 12.3 Å². The number of ether oxygens (including phenoxy) is 1. The van der Waals surface area contributed by atoms with Crippen LogP contribution in [-0.4, -0.2) is 67.8 Å². The molecule has 244 valence electrons. The first-order valence-electron chi connectivity index (χ1n) is 15.0. The summed E-state index contributed by atoms with van der Waals surface area (Å²) in [6.45, 7) is 3.93.